The van der Waals surface area contributed by atoms with Gasteiger partial charge in [-0.2, -0.15) is 0 Å². The predicted molar refractivity (Wildman–Crippen MR) is 108 cm³/mol. The predicted octanol–water partition coefficient (Wildman–Crippen LogP) is 5.84. The van der Waals surface area contributed by atoms with Gasteiger partial charge in [0, 0.05) is 11.8 Å². The minimum Gasteiger partial charge on any atom is -0.484 e. The number of nitrogens with zero attached hydrogens (tertiary/aromatic N) is 4. The Morgan fingerprint density at radius 1 is 1.07 bits per heavy atom. The summed E-state index contributed by atoms with van der Waals surface area (Å²) in [7, 11) is 0. The van der Waals surface area contributed by atoms with Crippen LogP contribution in [-0.2, 0) is 12.4 Å². The summed E-state index contributed by atoms with van der Waals surface area (Å²) in [5.74, 6) is 2.11. The summed E-state index contributed by atoms with van der Waals surface area (Å²) in [6.07, 6.45) is 2.25. The van der Waals surface area contributed by atoms with E-state index in [1.807, 2.05) is 18.2 Å². The first-order valence-electron chi connectivity index (χ1n) is 8.36. The van der Waals surface area contributed by atoms with Crippen LogP contribution in [0.4, 0.5) is 0 Å². The van der Waals surface area contributed by atoms with Gasteiger partial charge in [-0.15, -0.1) is 10.2 Å². The Morgan fingerprint density at radius 2 is 1.81 bits per heavy atom. The molecule has 0 radical (unpaired) electrons. The van der Waals surface area contributed by atoms with Crippen molar-refractivity contribution < 1.29 is 4.74 Å². The van der Waals surface area contributed by atoms with Crippen LogP contribution < -0.4 is 4.74 Å². The van der Waals surface area contributed by atoms with E-state index in [2.05, 4.69) is 19.7 Å². The second kappa shape index (κ2) is 8.27. The number of benzene rings is 1. The van der Waals surface area contributed by atoms with E-state index in [0.29, 0.717) is 39.5 Å². The van der Waals surface area contributed by atoms with E-state index in [9.17, 15) is 0 Å². The third-order valence-electron chi connectivity index (χ3n) is 4.03. The number of ether oxygens (including phenoxy) is 1. The third kappa shape index (κ3) is 4.69. The van der Waals surface area contributed by atoms with Gasteiger partial charge in [-0.1, -0.05) is 58.7 Å². The minimum absolute atomic E-state index is 0.320. The van der Waals surface area contributed by atoms with Gasteiger partial charge in [0.25, 0.3) is 0 Å². The average molecular weight is 442 g/mol. The van der Waals surface area contributed by atoms with Gasteiger partial charge in [-0.05, 0) is 42.7 Å². The van der Waals surface area contributed by atoms with Gasteiger partial charge in [0.05, 0.1) is 5.02 Å². The van der Waals surface area contributed by atoms with Crippen LogP contribution in [0.25, 0.3) is 0 Å². The molecule has 0 amide bonds. The lowest BCUT2D eigenvalue weighted by Crippen LogP contribution is -2.07. The summed E-state index contributed by atoms with van der Waals surface area (Å²) in [6.45, 7) is 0.320. The van der Waals surface area contributed by atoms with E-state index in [1.54, 1.807) is 30.0 Å². The molecule has 0 saturated heterocycles. The number of thioether (sulfide) groups is 1. The first kappa shape index (κ1) is 18.9. The average Bonchev–Trinajstić information content (AvgIpc) is 3.39. The van der Waals surface area contributed by atoms with Crippen molar-refractivity contribution in [3.63, 3.8) is 0 Å². The van der Waals surface area contributed by atoms with Crippen molar-refractivity contribution in [3.05, 3.63) is 63.1 Å². The highest BCUT2D eigenvalue weighted by Gasteiger charge is 2.30. The molecule has 4 rings (SSSR count). The normalized spacial score (nSPS) is 13.7. The molecule has 1 saturated carbocycles. The standard InChI is InChI=1S/C18H15Cl3N4OS/c19-13-3-1-2-4-14(13)26-9-17-23-24-18(25(17)12-5-6-12)27-10-11-7-15(20)22-16(21)8-11/h1-4,7-8,12H,5-6,9-10H2. The fraction of sp³-hybridized carbons (Fsp3) is 0.278. The summed E-state index contributed by atoms with van der Waals surface area (Å²) < 4.78 is 8.00. The highest BCUT2D eigenvalue weighted by Crippen LogP contribution is 2.39. The van der Waals surface area contributed by atoms with E-state index in [-0.39, 0.29) is 0 Å². The van der Waals surface area contributed by atoms with Crippen LogP contribution in [0, 0.1) is 0 Å². The molecule has 0 atom stereocenters. The topological polar surface area (TPSA) is 52.8 Å². The summed E-state index contributed by atoms with van der Waals surface area (Å²) in [5.41, 5.74) is 0.990. The molecule has 5 nitrogen and oxygen atoms in total. The van der Waals surface area contributed by atoms with Crippen molar-refractivity contribution in [2.75, 3.05) is 0 Å². The maximum Gasteiger partial charge on any atom is 0.191 e. The molecule has 2 aromatic heterocycles. The summed E-state index contributed by atoms with van der Waals surface area (Å²) >= 11 is 19.7. The molecule has 1 fully saturated rings. The van der Waals surface area contributed by atoms with Crippen molar-refractivity contribution >= 4 is 46.6 Å². The fourth-order valence-electron chi connectivity index (χ4n) is 2.65. The molecule has 0 unspecified atom stereocenters. The molecule has 9 heteroatoms. The van der Waals surface area contributed by atoms with E-state index in [0.717, 1.165) is 29.4 Å². The highest BCUT2D eigenvalue weighted by molar-refractivity contribution is 7.98. The van der Waals surface area contributed by atoms with Crippen LogP contribution in [-0.4, -0.2) is 19.7 Å². The second-order valence-corrected chi connectivity index (χ2v) is 8.25. The number of rotatable bonds is 7. The molecule has 140 valence electrons. The summed E-state index contributed by atoms with van der Waals surface area (Å²) in [6, 6.07) is 11.4. The molecule has 0 bridgehead atoms. The lowest BCUT2D eigenvalue weighted by molar-refractivity contribution is 0.288. The van der Waals surface area contributed by atoms with Gasteiger partial charge in [-0.3, -0.25) is 4.57 Å². The third-order valence-corrected chi connectivity index (χ3v) is 5.74. The zero-order valence-corrected chi connectivity index (χ0v) is 17.2. The smallest absolute Gasteiger partial charge is 0.191 e. The Hall–Kier alpha value is -1.47. The first-order valence-corrected chi connectivity index (χ1v) is 10.5. The van der Waals surface area contributed by atoms with Crippen LogP contribution in [0.5, 0.6) is 5.75 Å². The molecule has 0 aliphatic heterocycles. The van der Waals surface area contributed by atoms with Gasteiger partial charge in [0.1, 0.15) is 22.7 Å². The Kier molecular flexibility index (Phi) is 5.78. The number of aromatic nitrogens is 4. The van der Waals surface area contributed by atoms with Crippen LogP contribution in [0.3, 0.4) is 0 Å². The molecule has 0 N–H and O–H groups in total. The van der Waals surface area contributed by atoms with E-state index in [4.69, 9.17) is 39.5 Å². The Morgan fingerprint density at radius 3 is 2.52 bits per heavy atom. The van der Waals surface area contributed by atoms with Gasteiger partial charge < -0.3 is 4.74 Å². The SMILES string of the molecule is Clc1cc(CSc2nnc(COc3ccccc3Cl)n2C2CC2)cc(Cl)n1. The van der Waals surface area contributed by atoms with E-state index >= 15 is 0 Å². The lowest BCUT2D eigenvalue weighted by atomic mass is 10.3. The minimum atomic E-state index is 0.320. The van der Waals surface area contributed by atoms with E-state index < -0.39 is 0 Å². The number of hydrogen-bond donors (Lipinski definition) is 0. The van der Waals surface area contributed by atoms with Crippen LogP contribution in [0.15, 0.2) is 41.6 Å². The van der Waals surface area contributed by atoms with Crippen molar-refractivity contribution in [1.82, 2.24) is 19.7 Å². The molecule has 2 heterocycles. The monoisotopic (exact) mass is 440 g/mol. The van der Waals surface area contributed by atoms with Crippen molar-refractivity contribution in [3.8, 4) is 5.75 Å². The number of para-hydroxylation sites is 1. The van der Waals surface area contributed by atoms with Crippen molar-refractivity contribution in [1.29, 1.82) is 0 Å². The fourth-order valence-corrected chi connectivity index (χ4v) is 4.30. The molecule has 27 heavy (non-hydrogen) atoms. The molecule has 3 aromatic rings. The first-order chi connectivity index (χ1) is 13.1. The highest BCUT2D eigenvalue weighted by atomic mass is 35.5. The molecular weight excluding hydrogens is 427 g/mol. The summed E-state index contributed by atoms with van der Waals surface area (Å²) in [5, 5.41) is 10.9. The van der Waals surface area contributed by atoms with Crippen LogP contribution in [0.2, 0.25) is 15.3 Å². The maximum atomic E-state index is 6.15. The van der Waals surface area contributed by atoms with Crippen LogP contribution >= 0.6 is 46.6 Å². The molecule has 1 aromatic carbocycles. The second-order valence-electron chi connectivity index (χ2n) is 6.13. The summed E-state index contributed by atoms with van der Waals surface area (Å²) in [4.78, 5) is 3.97. The van der Waals surface area contributed by atoms with Gasteiger partial charge >= 0.3 is 0 Å². The van der Waals surface area contributed by atoms with Gasteiger partial charge in [0.2, 0.25) is 0 Å². The molecule has 0 spiro atoms. The quantitative estimate of drug-likeness (QED) is 0.340. The number of halogens is 3. The molecule has 1 aliphatic carbocycles. The Bertz CT molecular complexity index is 941. The Balaban J connectivity index is 1.48. The molecule has 1 aliphatic rings. The maximum absolute atomic E-state index is 6.15. The zero-order chi connectivity index (χ0) is 18.8. The lowest BCUT2D eigenvalue weighted by Gasteiger charge is -2.11. The zero-order valence-electron chi connectivity index (χ0n) is 14.1. The van der Waals surface area contributed by atoms with E-state index in [1.165, 1.54) is 0 Å². The van der Waals surface area contributed by atoms with Gasteiger partial charge in [-0.25, -0.2) is 4.98 Å². The van der Waals surface area contributed by atoms with Gasteiger partial charge in [0.15, 0.2) is 11.0 Å². The van der Waals surface area contributed by atoms with Crippen molar-refractivity contribution in [2.24, 2.45) is 0 Å². The number of pyridine rings is 1. The van der Waals surface area contributed by atoms with Crippen molar-refractivity contribution in [2.45, 2.75) is 36.4 Å². The molecular formula is C18H15Cl3N4OS. The van der Waals surface area contributed by atoms with Crippen LogP contribution in [0.1, 0.15) is 30.3 Å². The number of hydrogen-bond acceptors (Lipinski definition) is 5. The largest absolute Gasteiger partial charge is 0.484 e. The Labute approximate surface area is 176 Å².